The minimum absolute atomic E-state index is 0.112. The van der Waals surface area contributed by atoms with Crippen molar-refractivity contribution in [1.29, 1.82) is 0 Å². The molecule has 1 atom stereocenters. The van der Waals surface area contributed by atoms with E-state index in [1.54, 1.807) is 11.3 Å². The normalized spacial score (nSPS) is 12.6. The van der Waals surface area contributed by atoms with Crippen molar-refractivity contribution < 1.29 is 0 Å². The second kappa shape index (κ2) is 6.01. The summed E-state index contributed by atoms with van der Waals surface area (Å²) in [5.74, 6) is 0. The van der Waals surface area contributed by atoms with Gasteiger partial charge in [0.15, 0.2) is 0 Å². The fourth-order valence-electron chi connectivity index (χ4n) is 1.74. The highest BCUT2D eigenvalue weighted by molar-refractivity contribution is 9.10. The van der Waals surface area contributed by atoms with E-state index >= 15 is 0 Å². The van der Waals surface area contributed by atoms with Gasteiger partial charge in [-0.15, -0.1) is 11.3 Å². The Labute approximate surface area is 119 Å². The van der Waals surface area contributed by atoms with Gasteiger partial charge in [0, 0.05) is 25.8 Å². The molecule has 90 valence electrons. The van der Waals surface area contributed by atoms with Crippen molar-refractivity contribution in [2.75, 3.05) is 0 Å². The van der Waals surface area contributed by atoms with Crippen LogP contribution in [0.5, 0.6) is 0 Å². The summed E-state index contributed by atoms with van der Waals surface area (Å²) in [4.78, 5) is 1.30. The molecular weight excluding hydrogens is 318 g/mol. The molecule has 2 aromatic rings. The molecular formula is C13H13BrClNS. The maximum atomic E-state index is 6.15. The number of nitrogens with two attached hydrogens (primary N) is 1. The molecule has 0 bridgehead atoms. The molecule has 0 radical (unpaired) electrons. The smallest absolute Gasteiger partial charge is 0.0438 e. The van der Waals surface area contributed by atoms with Gasteiger partial charge >= 0.3 is 0 Å². The van der Waals surface area contributed by atoms with Crippen LogP contribution in [-0.4, -0.2) is 6.04 Å². The molecule has 0 aliphatic rings. The average molecular weight is 331 g/mol. The minimum Gasteiger partial charge on any atom is -0.327 e. The first-order valence-corrected chi connectivity index (χ1v) is 7.42. The molecule has 4 heteroatoms. The third kappa shape index (κ3) is 3.81. The molecule has 17 heavy (non-hydrogen) atoms. The molecule has 2 N–H and O–H groups in total. The quantitative estimate of drug-likeness (QED) is 0.890. The number of thiophene rings is 1. The first-order chi connectivity index (χ1) is 8.15. The molecule has 1 heterocycles. The molecule has 0 spiro atoms. The first-order valence-electron chi connectivity index (χ1n) is 5.37. The molecule has 0 amide bonds. The van der Waals surface area contributed by atoms with Crippen LogP contribution in [0, 0.1) is 0 Å². The van der Waals surface area contributed by atoms with Crippen LogP contribution < -0.4 is 5.73 Å². The number of benzene rings is 1. The summed E-state index contributed by atoms with van der Waals surface area (Å²) in [5, 5.41) is 2.88. The van der Waals surface area contributed by atoms with E-state index in [9.17, 15) is 0 Å². The summed E-state index contributed by atoms with van der Waals surface area (Å²) >= 11 is 11.3. The lowest BCUT2D eigenvalue weighted by Crippen LogP contribution is -2.25. The van der Waals surface area contributed by atoms with Gasteiger partial charge in [-0.1, -0.05) is 29.8 Å². The van der Waals surface area contributed by atoms with Gasteiger partial charge in [0.1, 0.15) is 0 Å². The van der Waals surface area contributed by atoms with Crippen LogP contribution in [0.3, 0.4) is 0 Å². The van der Waals surface area contributed by atoms with Crippen LogP contribution in [0.4, 0.5) is 0 Å². The molecule has 0 aliphatic carbocycles. The van der Waals surface area contributed by atoms with Crippen molar-refractivity contribution in [1.82, 2.24) is 0 Å². The van der Waals surface area contributed by atoms with Gasteiger partial charge in [-0.05, 0) is 46.5 Å². The summed E-state index contributed by atoms with van der Waals surface area (Å²) in [6.07, 6.45) is 1.71. The van der Waals surface area contributed by atoms with Crippen LogP contribution in [0.25, 0.3) is 0 Å². The number of rotatable bonds is 4. The molecule has 0 saturated heterocycles. The lowest BCUT2D eigenvalue weighted by Gasteiger charge is -2.11. The molecule has 0 fully saturated rings. The van der Waals surface area contributed by atoms with Crippen LogP contribution in [0.15, 0.2) is 40.2 Å². The number of halogens is 2. The van der Waals surface area contributed by atoms with Crippen LogP contribution in [-0.2, 0) is 12.8 Å². The molecule has 1 aromatic carbocycles. The fraction of sp³-hybridized carbons (Fsp3) is 0.231. The lowest BCUT2D eigenvalue weighted by atomic mass is 10.0. The van der Waals surface area contributed by atoms with E-state index in [1.165, 1.54) is 4.88 Å². The van der Waals surface area contributed by atoms with Crippen molar-refractivity contribution in [3.63, 3.8) is 0 Å². The second-order valence-corrected chi connectivity index (χ2v) is 6.31. The van der Waals surface area contributed by atoms with Crippen molar-refractivity contribution in [2.45, 2.75) is 18.9 Å². The minimum atomic E-state index is 0.112. The van der Waals surface area contributed by atoms with E-state index in [0.717, 1.165) is 27.9 Å². The molecule has 2 rings (SSSR count). The summed E-state index contributed by atoms with van der Waals surface area (Å²) in [7, 11) is 0. The van der Waals surface area contributed by atoms with E-state index in [1.807, 2.05) is 24.3 Å². The summed E-state index contributed by atoms with van der Waals surface area (Å²) in [5.41, 5.74) is 7.27. The zero-order chi connectivity index (χ0) is 12.3. The van der Waals surface area contributed by atoms with Crippen LogP contribution in [0.1, 0.15) is 10.4 Å². The number of hydrogen-bond acceptors (Lipinski definition) is 2. The van der Waals surface area contributed by atoms with Crippen molar-refractivity contribution in [3.8, 4) is 0 Å². The Hall–Kier alpha value is -0.350. The van der Waals surface area contributed by atoms with E-state index in [2.05, 4.69) is 27.4 Å². The highest BCUT2D eigenvalue weighted by Crippen LogP contribution is 2.22. The third-order valence-corrected chi connectivity index (χ3v) is 4.61. The summed E-state index contributed by atoms with van der Waals surface area (Å²) in [6, 6.07) is 10.1. The van der Waals surface area contributed by atoms with Gasteiger partial charge in [0.05, 0.1) is 0 Å². The predicted molar refractivity (Wildman–Crippen MR) is 78.9 cm³/mol. The second-order valence-electron chi connectivity index (χ2n) is 3.99. The maximum Gasteiger partial charge on any atom is 0.0438 e. The molecule has 1 nitrogen and oxygen atoms in total. The Kier molecular flexibility index (Phi) is 4.62. The molecule has 0 saturated carbocycles. The zero-order valence-corrected chi connectivity index (χ0v) is 12.4. The highest BCUT2D eigenvalue weighted by atomic mass is 79.9. The predicted octanol–water partition coefficient (Wildman–Crippen LogP) is 4.28. The standard InChI is InChI=1S/C13H13BrClNS/c14-10-6-12(17-8-10)7-11(16)5-9-3-1-2-4-13(9)15/h1-4,6,8,11H,5,7,16H2. The van der Waals surface area contributed by atoms with Crippen molar-refractivity contribution >= 4 is 38.9 Å². The Morgan fingerprint density at radius 2 is 2.06 bits per heavy atom. The first kappa shape index (κ1) is 13.1. The Bertz CT molecular complexity index is 498. The zero-order valence-electron chi connectivity index (χ0n) is 9.20. The Morgan fingerprint density at radius 3 is 2.71 bits per heavy atom. The monoisotopic (exact) mass is 329 g/mol. The fourth-order valence-corrected chi connectivity index (χ4v) is 3.50. The average Bonchev–Trinajstić information content (AvgIpc) is 2.67. The van der Waals surface area contributed by atoms with Gasteiger partial charge < -0.3 is 5.73 Å². The van der Waals surface area contributed by atoms with E-state index < -0.39 is 0 Å². The lowest BCUT2D eigenvalue weighted by molar-refractivity contribution is 0.671. The van der Waals surface area contributed by atoms with Crippen molar-refractivity contribution in [3.05, 3.63) is 55.6 Å². The van der Waals surface area contributed by atoms with E-state index in [4.69, 9.17) is 17.3 Å². The van der Waals surface area contributed by atoms with Gasteiger partial charge in [0.25, 0.3) is 0 Å². The van der Waals surface area contributed by atoms with Gasteiger partial charge in [-0.3, -0.25) is 0 Å². The topological polar surface area (TPSA) is 26.0 Å². The van der Waals surface area contributed by atoms with Gasteiger partial charge in [-0.25, -0.2) is 0 Å². The van der Waals surface area contributed by atoms with Gasteiger partial charge in [0.2, 0.25) is 0 Å². The van der Waals surface area contributed by atoms with Crippen molar-refractivity contribution in [2.24, 2.45) is 5.73 Å². The van der Waals surface area contributed by atoms with Crippen LogP contribution in [0.2, 0.25) is 5.02 Å². The van der Waals surface area contributed by atoms with E-state index in [0.29, 0.717) is 0 Å². The SMILES string of the molecule is NC(Cc1cc(Br)cs1)Cc1ccccc1Cl. The molecule has 1 aromatic heterocycles. The maximum absolute atomic E-state index is 6.15. The number of hydrogen-bond donors (Lipinski definition) is 1. The Morgan fingerprint density at radius 1 is 1.29 bits per heavy atom. The highest BCUT2D eigenvalue weighted by Gasteiger charge is 2.09. The van der Waals surface area contributed by atoms with Gasteiger partial charge in [-0.2, -0.15) is 0 Å². The largest absolute Gasteiger partial charge is 0.327 e. The van der Waals surface area contributed by atoms with Crippen LogP contribution >= 0.6 is 38.9 Å². The summed E-state index contributed by atoms with van der Waals surface area (Å²) < 4.78 is 1.13. The Balaban J connectivity index is 1.98. The molecule has 0 aliphatic heterocycles. The van der Waals surface area contributed by atoms with E-state index in [-0.39, 0.29) is 6.04 Å². The third-order valence-electron chi connectivity index (χ3n) is 2.53. The molecule has 1 unspecified atom stereocenters. The summed E-state index contributed by atoms with van der Waals surface area (Å²) in [6.45, 7) is 0.